The van der Waals surface area contributed by atoms with Crippen LogP contribution in [0.3, 0.4) is 0 Å². The molecule has 134 valence electrons. The van der Waals surface area contributed by atoms with Crippen molar-refractivity contribution in [1.82, 2.24) is 20.0 Å². The van der Waals surface area contributed by atoms with E-state index < -0.39 is 0 Å². The Morgan fingerprint density at radius 1 is 1.25 bits per heavy atom. The molecule has 24 heavy (non-hydrogen) atoms. The number of aromatic nitrogens is 2. The Balaban J connectivity index is 1.61. The van der Waals surface area contributed by atoms with Crippen molar-refractivity contribution in [2.45, 2.75) is 57.4 Å². The van der Waals surface area contributed by atoms with Crippen molar-refractivity contribution in [2.75, 3.05) is 32.8 Å². The molecule has 1 saturated carbocycles. The van der Waals surface area contributed by atoms with Crippen molar-refractivity contribution in [3.63, 3.8) is 0 Å². The topological polar surface area (TPSA) is 72.5 Å². The number of hydrogen-bond donors (Lipinski definition) is 2. The average molecular weight is 334 g/mol. The minimum Gasteiger partial charge on any atom is -0.395 e. The van der Waals surface area contributed by atoms with E-state index in [0.717, 1.165) is 31.7 Å². The minimum atomic E-state index is 0.0341. The van der Waals surface area contributed by atoms with Gasteiger partial charge in [0, 0.05) is 43.8 Å². The zero-order valence-electron chi connectivity index (χ0n) is 14.7. The predicted octanol–water partition coefficient (Wildman–Crippen LogP) is 1.99. The van der Waals surface area contributed by atoms with E-state index in [4.69, 9.17) is 0 Å². The van der Waals surface area contributed by atoms with Gasteiger partial charge in [0.1, 0.15) is 5.69 Å². The smallest absolute Gasteiger partial charge is 0.274 e. The van der Waals surface area contributed by atoms with Crippen LogP contribution in [-0.4, -0.2) is 69.8 Å². The normalized spacial score (nSPS) is 22.3. The zero-order chi connectivity index (χ0) is 16.9. The molecule has 1 amide bonds. The molecule has 1 aromatic heterocycles. The highest BCUT2D eigenvalue weighted by atomic mass is 16.3. The lowest BCUT2D eigenvalue weighted by Gasteiger charge is -2.26. The molecule has 0 bridgehead atoms. The lowest BCUT2D eigenvalue weighted by molar-refractivity contribution is 0.0748. The number of H-pyrrole nitrogens is 1. The predicted molar refractivity (Wildman–Crippen MR) is 93.1 cm³/mol. The first-order valence-electron chi connectivity index (χ1n) is 9.38. The summed E-state index contributed by atoms with van der Waals surface area (Å²) in [5, 5.41) is 16.7. The number of carbonyl (C=O) groups is 1. The maximum atomic E-state index is 12.8. The molecule has 6 heteroatoms. The first-order valence-corrected chi connectivity index (χ1v) is 9.38. The molecular formula is C18H30N4O2. The molecule has 1 saturated heterocycles. The maximum Gasteiger partial charge on any atom is 0.274 e. The standard InChI is InChI=1S/C18H30N4O2/c1-14(13-23)21-8-5-9-22(11-10-21)18(24)17-12-16(19-20-17)15-6-3-2-4-7-15/h12,14-15,23H,2-11,13H2,1H3,(H,19,20). The molecule has 3 rings (SSSR count). The summed E-state index contributed by atoms with van der Waals surface area (Å²) >= 11 is 0. The summed E-state index contributed by atoms with van der Waals surface area (Å²) in [6.45, 7) is 5.40. The van der Waals surface area contributed by atoms with E-state index in [1.807, 2.05) is 17.9 Å². The van der Waals surface area contributed by atoms with Crippen LogP contribution < -0.4 is 0 Å². The molecule has 2 N–H and O–H groups in total. The third-order valence-electron chi connectivity index (χ3n) is 5.57. The minimum absolute atomic E-state index is 0.0341. The van der Waals surface area contributed by atoms with Crippen LogP contribution >= 0.6 is 0 Å². The van der Waals surface area contributed by atoms with Crippen molar-refractivity contribution in [1.29, 1.82) is 0 Å². The maximum absolute atomic E-state index is 12.8. The van der Waals surface area contributed by atoms with Crippen LogP contribution in [0.25, 0.3) is 0 Å². The largest absolute Gasteiger partial charge is 0.395 e. The van der Waals surface area contributed by atoms with E-state index in [1.165, 1.54) is 32.1 Å². The van der Waals surface area contributed by atoms with Crippen molar-refractivity contribution < 1.29 is 9.90 Å². The van der Waals surface area contributed by atoms with E-state index in [9.17, 15) is 9.90 Å². The zero-order valence-corrected chi connectivity index (χ0v) is 14.7. The summed E-state index contributed by atoms with van der Waals surface area (Å²) in [6, 6.07) is 2.13. The second-order valence-corrected chi connectivity index (χ2v) is 7.26. The molecule has 2 heterocycles. The Hall–Kier alpha value is -1.40. The molecule has 1 unspecified atom stereocenters. The van der Waals surface area contributed by atoms with Gasteiger partial charge in [0.15, 0.2) is 0 Å². The van der Waals surface area contributed by atoms with Gasteiger partial charge in [0.25, 0.3) is 5.91 Å². The number of rotatable bonds is 4. The third kappa shape index (κ3) is 3.98. The molecule has 2 aliphatic rings. The molecule has 6 nitrogen and oxygen atoms in total. The second kappa shape index (κ2) is 8.12. The fraction of sp³-hybridized carbons (Fsp3) is 0.778. The van der Waals surface area contributed by atoms with Gasteiger partial charge < -0.3 is 10.0 Å². The van der Waals surface area contributed by atoms with Crippen LogP contribution in [0.15, 0.2) is 6.07 Å². The molecule has 1 aliphatic carbocycles. The van der Waals surface area contributed by atoms with Crippen molar-refractivity contribution in [3.05, 3.63) is 17.5 Å². The molecule has 1 aromatic rings. The Labute approximate surface area is 144 Å². The highest BCUT2D eigenvalue weighted by Crippen LogP contribution is 2.31. The van der Waals surface area contributed by atoms with Gasteiger partial charge in [-0.25, -0.2) is 0 Å². The summed E-state index contributed by atoms with van der Waals surface area (Å²) in [4.78, 5) is 16.9. The van der Waals surface area contributed by atoms with Gasteiger partial charge >= 0.3 is 0 Å². The number of aliphatic hydroxyl groups is 1. The van der Waals surface area contributed by atoms with E-state index >= 15 is 0 Å². The Morgan fingerprint density at radius 3 is 2.79 bits per heavy atom. The summed E-state index contributed by atoms with van der Waals surface area (Å²) in [6.07, 6.45) is 7.22. The highest BCUT2D eigenvalue weighted by molar-refractivity contribution is 5.92. The number of carbonyl (C=O) groups excluding carboxylic acids is 1. The molecule has 1 aliphatic heterocycles. The quantitative estimate of drug-likeness (QED) is 0.883. The van der Waals surface area contributed by atoms with Crippen molar-refractivity contribution >= 4 is 5.91 Å². The van der Waals surface area contributed by atoms with E-state index in [2.05, 4.69) is 15.1 Å². The summed E-state index contributed by atoms with van der Waals surface area (Å²) in [7, 11) is 0. The number of nitrogens with one attached hydrogen (secondary N) is 1. The SMILES string of the molecule is CC(CO)N1CCCN(C(=O)c2cc(C3CCCCC3)[nH]n2)CC1. The summed E-state index contributed by atoms with van der Waals surface area (Å²) in [5.41, 5.74) is 1.68. The first-order chi connectivity index (χ1) is 11.7. The third-order valence-corrected chi connectivity index (χ3v) is 5.57. The summed E-state index contributed by atoms with van der Waals surface area (Å²) in [5.74, 6) is 0.574. The van der Waals surface area contributed by atoms with Crippen molar-refractivity contribution in [3.8, 4) is 0 Å². The van der Waals surface area contributed by atoms with Crippen LogP contribution in [0.1, 0.15) is 67.5 Å². The van der Waals surface area contributed by atoms with Gasteiger partial charge in [-0.1, -0.05) is 19.3 Å². The van der Waals surface area contributed by atoms with Gasteiger partial charge in [-0.15, -0.1) is 0 Å². The fourth-order valence-corrected chi connectivity index (χ4v) is 3.93. The Kier molecular flexibility index (Phi) is 5.89. The van der Waals surface area contributed by atoms with Crippen LogP contribution in [0.5, 0.6) is 0 Å². The van der Waals surface area contributed by atoms with Gasteiger partial charge in [0.2, 0.25) is 0 Å². The number of hydrogen-bond acceptors (Lipinski definition) is 4. The summed E-state index contributed by atoms with van der Waals surface area (Å²) < 4.78 is 0. The molecule has 2 fully saturated rings. The number of aromatic amines is 1. The highest BCUT2D eigenvalue weighted by Gasteiger charge is 2.25. The molecular weight excluding hydrogens is 304 g/mol. The van der Waals surface area contributed by atoms with E-state index in [1.54, 1.807) is 0 Å². The molecule has 0 aromatic carbocycles. The second-order valence-electron chi connectivity index (χ2n) is 7.26. The van der Waals surface area contributed by atoms with E-state index in [0.29, 0.717) is 18.2 Å². The van der Waals surface area contributed by atoms with Crippen molar-refractivity contribution in [2.24, 2.45) is 0 Å². The first kappa shape index (κ1) is 17.4. The van der Waals surface area contributed by atoms with Gasteiger partial charge in [-0.3, -0.25) is 14.8 Å². The average Bonchev–Trinajstić information content (AvgIpc) is 2.99. The van der Waals surface area contributed by atoms with Gasteiger partial charge in [-0.05, 0) is 32.3 Å². The molecule has 0 radical (unpaired) electrons. The van der Waals surface area contributed by atoms with E-state index in [-0.39, 0.29) is 18.6 Å². The van der Waals surface area contributed by atoms with Crippen LogP contribution in [0.4, 0.5) is 0 Å². The van der Waals surface area contributed by atoms with Crippen LogP contribution in [0.2, 0.25) is 0 Å². The van der Waals surface area contributed by atoms with Gasteiger partial charge in [0.05, 0.1) is 6.61 Å². The lowest BCUT2D eigenvalue weighted by atomic mass is 9.87. The lowest BCUT2D eigenvalue weighted by Crippen LogP contribution is -2.39. The number of nitrogens with zero attached hydrogens (tertiary/aromatic N) is 3. The monoisotopic (exact) mass is 334 g/mol. The molecule has 0 spiro atoms. The van der Waals surface area contributed by atoms with Gasteiger partial charge in [-0.2, -0.15) is 5.10 Å². The molecule has 1 atom stereocenters. The Bertz CT molecular complexity index is 539. The Morgan fingerprint density at radius 2 is 2.04 bits per heavy atom. The number of aliphatic hydroxyl groups excluding tert-OH is 1. The fourth-order valence-electron chi connectivity index (χ4n) is 3.93. The number of amides is 1. The van der Waals surface area contributed by atoms with Crippen LogP contribution in [-0.2, 0) is 0 Å². The van der Waals surface area contributed by atoms with Crippen LogP contribution in [0, 0.1) is 0 Å².